The van der Waals surface area contributed by atoms with Crippen LogP contribution in [0.15, 0.2) is 43.0 Å². The number of carbonyl (C=O) groups is 2. The number of hydrogen-bond donors (Lipinski definition) is 1. The van der Waals surface area contributed by atoms with Gasteiger partial charge in [-0.25, -0.2) is 4.98 Å². The molecular weight excluding hydrogens is 282 g/mol. The zero-order chi connectivity index (χ0) is 16.1. The number of rotatable bonds is 6. The van der Waals surface area contributed by atoms with Gasteiger partial charge in [0.25, 0.3) is 5.91 Å². The third-order valence-corrected chi connectivity index (χ3v) is 3.32. The summed E-state index contributed by atoms with van der Waals surface area (Å²) < 4.78 is 1.93. The summed E-state index contributed by atoms with van der Waals surface area (Å²) in [5.74, 6) is -1.29. The Morgan fingerprint density at radius 3 is 2.45 bits per heavy atom. The van der Waals surface area contributed by atoms with Gasteiger partial charge in [0.1, 0.15) is 6.54 Å². The second-order valence-electron chi connectivity index (χ2n) is 5.35. The van der Waals surface area contributed by atoms with E-state index < -0.39 is 5.97 Å². The smallest absolute Gasteiger partial charge is 0.323 e. The van der Waals surface area contributed by atoms with E-state index in [0.717, 1.165) is 5.56 Å². The number of nitrogens with zero attached hydrogens (tertiary/aromatic N) is 3. The number of carboxylic acid groups (broad SMARTS) is 1. The Bertz CT molecular complexity index is 633. The zero-order valence-corrected chi connectivity index (χ0v) is 12.6. The minimum absolute atomic E-state index is 0.172. The SMILES string of the molecule is CC(C)N(CC(=O)O)C(=O)c1ccc(Cn2ccnc2)cc1. The molecule has 1 N–H and O–H groups in total. The average molecular weight is 301 g/mol. The Kier molecular flexibility index (Phi) is 4.93. The van der Waals surface area contributed by atoms with Crippen molar-refractivity contribution < 1.29 is 14.7 Å². The number of hydrogen-bond acceptors (Lipinski definition) is 3. The molecule has 0 saturated carbocycles. The first kappa shape index (κ1) is 15.8. The Hall–Kier alpha value is -2.63. The van der Waals surface area contributed by atoms with Crippen LogP contribution in [0.5, 0.6) is 0 Å². The van der Waals surface area contributed by atoms with Crippen LogP contribution in [0.4, 0.5) is 0 Å². The van der Waals surface area contributed by atoms with E-state index in [1.165, 1.54) is 4.90 Å². The van der Waals surface area contributed by atoms with Crippen LogP contribution in [-0.4, -0.2) is 44.0 Å². The maximum absolute atomic E-state index is 12.4. The Labute approximate surface area is 129 Å². The van der Waals surface area contributed by atoms with E-state index in [2.05, 4.69) is 4.98 Å². The maximum Gasteiger partial charge on any atom is 0.323 e. The highest BCUT2D eigenvalue weighted by Crippen LogP contribution is 2.11. The quantitative estimate of drug-likeness (QED) is 0.883. The number of carboxylic acids is 1. The Morgan fingerprint density at radius 1 is 1.27 bits per heavy atom. The molecule has 1 heterocycles. The minimum Gasteiger partial charge on any atom is -0.480 e. The lowest BCUT2D eigenvalue weighted by molar-refractivity contribution is -0.138. The van der Waals surface area contributed by atoms with Crippen LogP contribution in [0.25, 0.3) is 0 Å². The Balaban J connectivity index is 2.11. The number of aliphatic carboxylic acids is 1. The number of carbonyl (C=O) groups excluding carboxylic acids is 1. The fourth-order valence-corrected chi connectivity index (χ4v) is 2.14. The summed E-state index contributed by atoms with van der Waals surface area (Å²) in [6, 6.07) is 7.02. The number of aromatic nitrogens is 2. The van der Waals surface area contributed by atoms with Gasteiger partial charge in [0.05, 0.1) is 6.33 Å². The van der Waals surface area contributed by atoms with Crippen molar-refractivity contribution in [1.82, 2.24) is 14.5 Å². The lowest BCUT2D eigenvalue weighted by Gasteiger charge is -2.25. The van der Waals surface area contributed by atoms with Gasteiger partial charge in [0.15, 0.2) is 0 Å². The molecule has 0 radical (unpaired) electrons. The number of amides is 1. The molecule has 22 heavy (non-hydrogen) atoms. The predicted octanol–water partition coefficient (Wildman–Crippen LogP) is 1.87. The molecule has 2 aromatic rings. The first-order valence-electron chi connectivity index (χ1n) is 7.05. The molecule has 0 fully saturated rings. The molecule has 116 valence electrons. The van der Waals surface area contributed by atoms with Crippen LogP contribution in [-0.2, 0) is 11.3 Å². The van der Waals surface area contributed by atoms with Crippen LogP contribution < -0.4 is 0 Å². The molecule has 0 spiro atoms. The zero-order valence-electron chi connectivity index (χ0n) is 12.6. The van der Waals surface area contributed by atoms with Crippen molar-refractivity contribution in [3.8, 4) is 0 Å². The first-order chi connectivity index (χ1) is 10.5. The third kappa shape index (κ3) is 3.94. The molecule has 6 heteroatoms. The summed E-state index contributed by atoms with van der Waals surface area (Å²) in [6.45, 7) is 3.98. The van der Waals surface area contributed by atoms with Gasteiger partial charge in [-0.05, 0) is 31.5 Å². The molecule has 0 unspecified atom stereocenters. The van der Waals surface area contributed by atoms with Gasteiger partial charge in [-0.1, -0.05) is 12.1 Å². The normalized spacial score (nSPS) is 10.7. The van der Waals surface area contributed by atoms with E-state index in [0.29, 0.717) is 12.1 Å². The van der Waals surface area contributed by atoms with Gasteiger partial charge in [-0.2, -0.15) is 0 Å². The summed E-state index contributed by atoms with van der Waals surface area (Å²) in [4.78, 5) is 28.6. The topological polar surface area (TPSA) is 75.4 Å². The lowest BCUT2D eigenvalue weighted by atomic mass is 10.1. The summed E-state index contributed by atoms with van der Waals surface area (Å²) >= 11 is 0. The van der Waals surface area contributed by atoms with Crippen LogP contribution in [0.3, 0.4) is 0 Å². The number of imidazole rings is 1. The molecule has 1 aromatic carbocycles. The highest BCUT2D eigenvalue weighted by atomic mass is 16.4. The summed E-state index contributed by atoms with van der Waals surface area (Å²) in [5, 5.41) is 8.91. The van der Waals surface area contributed by atoms with E-state index in [1.54, 1.807) is 38.5 Å². The molecular formula is C16H19N3O3. The molecule has 1 aromatic heterocycles. The number of benzene rings is 1. The van der Waals surface area contributed by atoms with Crippen LogP contribution in [0, 0.1) is 0 Å². The van der Waals surface area contributed by atoms with Crippen molar-refractivity contribution in [3.63, 3.8) is 0 Å². The fraction of sp³-hybridized carbons (Fsp3) is 0.312. The molecule has 0 atom stereocenters. The van der Waals surface area contributed by atoms with Crippen LogP contribution in [0.2, 0.25) is 0 Å². The maximum atomic E-state index is 12.4. The highest BCUT2D eigenvalue weighted by Gasteiger charge is 2.21. The second-order valence-corrected chi connectivity index (χ2v) is 5.35. The predicted molar refractivity (Wildman–Crippen MR) is 81.6 cm³/mol. The van der Waals surface area contributed by atoms with E-state index >= 15 is 0 Å². The molecule has 0 bridgehead atoms. The van der Waals surface area contributed by atoms with Crippen molar-refractivity contribution in [2.45, 2.75) is 26.4 Å². The molecule has 2 rings (SSSR count). The summed E-state index contributed by atoms with van der Waals surface area (Å²) in [6.07, 6.45) is 5.31. The molecule has 0 aliphatic carbocycles. The molecule has 0 aliphatic heterocycles. The van der Waals surface area contributed by atoms with Gasteiger partial charge in [-0.3, -0.25) is 9.59 Å². The van der Waals surface area contributed by atoms with Crippen molar-refractivity contribution in [3.05, 3.63) is 54.1 Å². The van der Waals surface area contributed by atoms with Gasteiger partial charge in [0, 0.05) is 30.5 Å². The van der Waals surface area contributed by atoms with Crippen LogP contribution in [0.1, 0.15) is 29.8 Å². The molecule has 0 aliphatic rings. The van der Waals surface area contributed by atoms with Gasteiger partial charge < -0.3 is 14.6 Å². The van der Waals surface area contributed by atoms with E-state index in [4.69, 9.17) is 5.11 Å². The fourth-order valence-electron chi connectivity index (χ4n) is 2.14. The van der Waals surface area contributed by atoms with Crippen molar-refractivity contribution in [2.75, 3.05) is 6.54 Å². The molecule has 6 nitrogen and oxygen atoms in total. The lowest BCUT2D eigenvalue weighted by Crippen LogP contribution is -2.40. The van der Waals surface area contributed by atoms with Gasteiger partial charge >= 0.3 is 5.97 Å². The van der Waals surface area contributed by atoms with Crippen LogP contribution >= 0.6 is 0 Å². The third-order valence-electron chi connectivity index (χ3n) is 3.32. The molecule has 0 saturated heterocycles. The van der Waals surface area contributed by atoms with E-state index in [9.17, 15) is 9.59 Å². The highest BCUT2D eigenvalue weighted by molar-refractivity contribution is 5.96. The van der Waals surface area contributed by atoms with E-state index in [1.807, 2.05) is 22.9 Å². The largest absolute Gasteiger partial charge is 0.480 e. The first-order valence-corrected chi connectivity index (χ1v) is 7.05. The molecule has 1 amide bonds. The van der Waals surface area contributed by atoms with Gasteiger partial charge in [-0.15, -0.1) is 0 Å². The monoisotopic (exact) mass is 301 g/mol. The summed E-state index contributed by atoms with van der Waals surface area (Å²) in [5.41, 5.74) is 1.54. The Morgan fingerprint density at radius 2 is 1.95 bits per heavy atom. The van der Waals surface area contributed by atoms with Crippen molar-refractivity contribution in [1.29, 1.82) is 0 Å². The van der Waals surface area contributed by atoms with Gasteiger partial charge in [0.2, 0.25) is 0 Å². The standard InChI is InChI=1S/C16H19N3O3/c1-12(2)19(10-15(20)21)16(22)14-5-3-13(4-6-14)9-18-8-7-17-11-18/h3-8,11-12H,9-10H2,1-2H3,(H,20,21). The van der Waals surface area contributed by atoms with Crippen molar-refractivity contribution in [2.24, 2.45) is 0 Å². The van der Waals surface area contributed by atoms with E-state index in [-0.39, 0.29) is 18.5 Å². The summed E-state index contributed by atoms with van der Waals surface area (Å²) in [7, 11) is 0. The average Bonchev–Trinajstić information content (AvgIpc) is 2.97. The minimum atomic E-state index is -1.02. The van der Waals surface area contributed by atoms with Crippen molar-refractivity contribution >= 4 is 11.9 Å². The second kappa shape index (κ2) is 6.89.